The van der Waals surface area contributed by atoms with E-state index in [1.165, 1.54) is 16.7 Å². The Hall–Kier alpha value is -2.32. The summed E-state index contributed by atoms with van der Waals surface area (Å²) in [5, 5.41) is 1.51. The third kappa shape index (κ3) is 3.29. The average molecular weight is 369 g/mol. The van der Waals surface area contributed by atoms with Crippen LogP contribution in [0, 0.1) is 17.5 Å². The number of halogens is 3. The number of thiophene rings is 1. The maximum Gasteiger partial charge on any atom is 0.267 e. The van der Waals surface area contributed by atoms with Crippen LogP contribution >= 0.6 is 11.3 Å². The second-order valence-corrected chi connectivity index (χ2v) is 7.40. The predicted molar refractivity (Wildman–Crippen MR) is 86.9 cm³/mol. The van der Waals surface area contributed by atoms with Gasteiger partial charge in [0.15, 0.2) is 4.90 Å². The van der Waals surface area contributed by atoms with Gasteiger partial charge in [0.25, 0.3) is 10.0 Å². The van der Waals surface area contributed by atoms with Crippen molar-refractivity contribution in [1.82, 2.24) is 0 Å². The standard InChI is InChI=1S/C16H10F3NO2S2/c17-11-6-13(18)16(14(19)7-11)24(21,22)20-12-8-15(23-9-12)10-4-2-1-3-5-10/h1-9,20H. The fourth-order valence-electron chi connectivity index (χ4n) is 2.14. The Bertz CT molecular complexity index is 963. The van der Waals surface area contributed by atoms with Gasteiger partial charge < -0.3 is 0 Å². The lowest BCUT2D eigenvalue weighted by molar-refractivity contribution is 0.498. The number of rotatable bonds is 4. The van der Waals surface area contributed by atoms with Gasteiger partial charge in [-0.3, -0.25) is 4.72 Å². The van der Waals surface area contributed by atoms with Crippen LogP contribution in [-0.4, -0.2) is 8.42 Å². The highest BCUT2D eigenvalue weighted by Gasteiger charge is 2.25. The first-order valence-electron chi connectivity index (χ1n) is 6.68. The monoisotopic (exact) mass is 369 g/mol. The molecular formula is C16H10F3NO2S2. The average Bonchev–Trinajstić information content (AvgIpc) is 2.94. The Morgan fingerprint density at radius 3 is 2.17 bits per heavy atom. The smallest absolute Gasteiger partial charge is 0.267 e. The third-order valence-electron chi connectivity index (χ3n) is 3.14. The Labute approximate surface area is 140 Å². The van der Waals surface area contributed by atoms with Crippen LogP contribution in [-0.2, 0) is 10.0 Å². The van der Waals surface area contributed by atoms with Crippen LogP contribution in [0.15, 0.2) is 58.8 Å². The molecule has 0 spiro atoms. The molecule has 1 N–H and O–H groups in total. The molecule has 0 bridgehead atoms. The summed E-state index contributed by atoms with van der Waals surface area (Å²) in [7, 11) is -4.52. The van der Waals surface area contributed by atoms with E-state index >= 15 is 0 Å². The largest absolute Gasteiger partial charge is 0.279 e. The first-order chi connectivity index (χ1) is 11.4. The van der Waals surface area contributed by atoms with Crippen molar-refractivity contribution in [3.05, 3.63) is 71.4 Å². The second-order valence-electron chi connectivity index (χ2n) is 4.87. The minimum atomic E-state index is -4.52. The summed E-state index contributed by atoms with van der Waals surface area (Å²) in [6.07, 6.45) is 0. The molecule has 1 heterocycles. The van der Waals surface area contributed by atoms with Crippen molar-refractivity contribution in [3.8, 4) is 10.4 Å². The number of hydrogen-bond acceptors (Lipinski definition) is 3. The van der Waals surface area contributed by atoms with Crippen LogP contribution in [0.4, 0.5) is 18.9 Å². The second kappa shape index (κ2) is 6.29. The molecule has 3 aromatic rings. The van der Waals surface area contributed by atoms with Crippen molar-refractivity contribution in [2.45, 2.75) is 4.90 Å². The van der Waals surface area contributed by atoms with Gasteiger partial charge in [-0.05, 0) is 11.6 Å². The van der Waals surface area contributed by atoms with Crippen LogP contribution in [0.3, 0.4) is 0 Å². The van der Waals surface area contributed by atoms with Crippen molar-refractivity contribution in [3.63, 3.8) is 0 Å². The molecule has 3 nitrogen and oxygen atoms in total. The van der Waals surface area contributed by atoms with Gasteiger partial charge in [0.1, 0.15) is 17.5 Å². The molecule has 0 unspecified atom stereocenters. The molecule has 0 atom stereocenters. The summed E-state index contributed by atoms with van der Waals surface area (Å²) in [6, 6.07) is 11.4. The van der Waals surface area contributed by atoms with E-state index in [1.807, 2.05) is 30.3 Å². The van der Waals surface area contributed by atoms with Crippen molar-refractivity contribution < 1.29 is 21.6 Å². The van der Waals surface area contributed by atoms with E-state index in [-0.39, 0.29) is 5.69 Å². The van der Waals surface area contributed by atoms with E-state index in [0.717, 1.165) is 10.4 Å². The van der Waals surface area contributed by atoms with E-state index < -0.39 is 32.4 Å². The minimum Gasteiger partial charge on any atom is -0.279 e. The number of hydrogen-bond donors (Lipinski definition) is 1. The van der Waals surface area contributed by atoms with Crippen LogP contribution in [0.1, 0.15) is 0 Å². The van der Waals surface area contributed by atoms with Crippen molar-refractivity contribution >= 4 is 27.0 Å². The molecule has 0 fully saturated rings. The fraction of sp³-hybridized carbons (Fsp3) is 0. The van der Waals surface area contributed by atoms with Gasteiger partial charge >= 0.3 is 0 Å². The van der Waals surface area contributed by atoms with Crippen molar-refractivity contribution in [2.75, 3.05) is 4.72 Å². The third-order valence-corrected chi connectivity index (χ3v) is 5.55. The lowest BCUT2D eigenvalue weighted by Gasteiger charge is -2.08. The first kappa shape index (κ1) is 16.5. The number of nitrogens with one attached hydrogen (secondary N) is 1. The molecule has 2 aromatic carbocycles. The van der Waals surface area contributed by atoms with Crippen LogP contribution in [0.2, 0.25) is 0 Å². The van der Waals surface area contributed by atoms with Crippen LogP contribution < -0.4 is 4.72 Å². The lowest BCUT2D eigenvalue weighted by Crippen LogP contribution is -2.16. The zero-order valence-electron chi connectivity index (χ0n) is 12.0. The first-order valence-corrected chi connectivity index (χ1v) is 9.04. The van der Waals surface area contributed by atoms with E-state index in [9.17, 15) is 21.6 Å². The number of anilines is 1. The highest BCUT2D eigenvalue weighted by molar-refractivity contribution is 7.92. The zero-order valence-corrected chi connectivity index (χ0v) is 13.6. The molecule has 0 aliphatic rings. The highest BCUT2D eigenvalue weighted by Crippen LogP contribution is 2.31. The summed E-state index contributed by atoms with van der Waals surface area (Å²) in [6.45, 7) is 0. The Balaban J connectivity index is 1.93. The normalized spacial score (nSPS) is 11.5. The Morgan fingerprint density at radius 2 is 1.54 bits per heavy atom. The molecule has 124 valence electrons. The quantitative estimate of drug-likeness (QED) is 0.729. The molecule has 0 saturated heterocycles. The molecule has 0 saturated carbocycles. The van der Waals surface area contributed by atoms with Crippen LogP contribution in [0.5, 0.6) is 0 Å². The van der Waals surface area contributed by atoms with Gasteiger partial charge in [0.2, 0.25) is 0 Å². The van der Waals surface area contributed by atoms with Gasteiger partial charge in [-0.2, -0.15) is 0 Å². The number of sulfonamides is 1. The van der Waals surface area contributed by atoms with E-state index in [1.54, 1.807) is 6.07 Å². The summed E-state index contributed by atoms with van der Waals surface area (Å²) in [5.74, 6) is -4.16. The summed E-state index contributed by atoms with van der Waals surface area (Å²) in [4.78, 5) is -0.426. The molecule has 1 aromatic heterocycles. The SMILES string of the molecule is O=S(=O)(Nc1csc(-c2ccccc2)c1)c1c(F)cc(F)cc1F. The van der Waals surface area contributed by atoms with Crippen molar-refractivity contribution in [1.29, 1.82) is 0 Å². The highest BCUT2D eigenvalue weighted by atomic mass is 32.2. The van der Waals surface area contributed by atoms with Gasteiger partial charge in [-0.25, -0.2) is 21.6 Å². The minimum absolute atomic E-state index is 0.168. The van der Waals surface area contributed by atoms with Crippen molar-refractivity contribution in [2.24, 2.45) is 0 Å². The van der Waals surface area contributed by atoms with Gasteiger partial charge in [-0.15, -0.1) is 11.3 Å². The predicted octanol–water partition coefficient (Wildman–Crippen LogP) is 4.63. The Morgan fingerprint density at radius 1 is 0.917 bits per heavy atom. The number of benzene rings is 2. The molecule has 0 amide bonds. The summed E-state index contributed by atoms with van der Waals surface area (Å²) in [5.41, 5.74) is 1.05. The fourth-order valence-corrected chi connectivity index (χ4v) is 4.22. The molecule has 8 heteroatoms. The van der Waals surface area contributed by atoms with Crippen LogP contribution in [0.25, 0.3) is 10.4 Å². The van der Waals surface area contributed by atoms with E-state index in [4.69, 9.17) is 0 Å². The molecule has 0 radical (unpaired) electrons. The zero-order chi connectivity index (χ0) is 17.3. The van der Waals surface area contributed by atoms with Gasteiger partial charge in [0.05, 0.1) is 5.69 Å². The van der Waals surface area contributed by atoms with Gasteiger partial charge in [-0.1, -0.05) is 30.3 Å². The Kier molecular flexibility index (Phi) is 4.33. The molecular weight excluding hydrogens is 359 g/mol. The van der Waals surface area contributed by atoms with E-state index in [0.29, 0.717) is 12.1 Å². The lowest BCUT2D eigenvalue weighted by atomic mass is 10.2. The van der Waals surface area contributed by atoms with E-state index in [2.05, 4.69) is 4.72 Å². The summed E-state index contributed by atoms with van der Waals surface area (Å²) >= 11 is 1.27. The molecule has 24 heavy (non-hydrogen) atoms. The molecule has 3 rings (SSSR count). The topological polar surface area (TPSA) is 46.2 Å². The molecule has 0 aliphatic carbocycles. The maximum absolute atomic E-state index is 13.7. The maximum atomic E-state index is 13.7. The summed E-state index contributed by atoms with van der Waals surface area (Å²) < 4.78 is 66.8. The van der Waals surface area contributed by atoms with Gasteiger partial charge in [0, 0.05) is 22.4 Å². The molecule has 0 aliphatic heterocycles.